The zero-order valence-electron chi connectivity index (χ0n) is 12.7. The Morgan fingerprint density at radius 3 is 2.05 bits per heavy atom. The summed E-state index contributed by atoms with van der Waals surface area (Å²) in [6, 6.07) is 21.2. The molecule has 0 bridgehead atoms. The van der Waals surface area contributed by atoms with Crippen molar-refractivity contribution in [1.29, 1.82) is 0 Å². The Morgan fingerprint density at radius 1 is 0.810 bits per heavy atom. The number of hydrogen-bond donors (Lipinski definition) is 0. The third-order valence-electron chi connectivity index (χ3n) is 3.37. The molecule has 21 heavy (non-hydrogen) atoms. The molecule has 0 fully saturated rings. The van der Waals surface area contributed by atoms with Gasteiger partial charge in [0.15, 0.2) is 0 Å². The van der Waals surface area contributed by atoms with Crippen molar-refractivity contribution in [2.24, 2.45) is 9.98 Å². The van der Waals surface area contributed by atoms with Crippen molar-refractivity contribution in [2.45, 2.75) is 32.4 Å². The average Bonchev–Trinajstić information content (AvgIpc) is 2.53. The van der Waals surface area contributed by atoms with E-state index < -0.39 is 0 Å². The van der Waals surface area contributed by atoms with E-state index in [1.54, 1.807) is 6.21 Å². The van der Waals surface area contributed by atoms with Gasteiger partial charge >= 0.3 is 0 Å². The molecule has 0 heterocycles. The predicted octanol–water partition coefficient (Wildman–Crippen LogP) is 4.52. The Hall–Kier alpha value is -2.22. The van der Waals surface area contributed by atoms with E-state index in [1.807, 2.05) is 30.5 Å². The summed E-state index contributed by atoms with van der Waals surface area (Å²) in [4.78, 5) is 9.01. The molecular weight excluding hydrogens is 256 g/mol. The minimum absolute atomic E-state index is 0.169. The first-order valence-electron chi connectivity index (χ1n) is 7.39. The molecule has 0 spiro atoms. The highest BCUT2D eigenvalue weighted by Crippen LogP contribution is 2.14. The van der Waals surface area contributed by atoms with Gasteiger partial charge < -0.3 is 0 Å². The molecule has 0 amide bonds. The van der Waals surface area contributed by atoms with Crippen molar-refractivity contribution in [3.05, 3.63) is 71.8 Å². The Bertz CT molecular complexity index is 573. The molecule has 2 atom stereocenters. The number of hydrogen-bond acceptors (Lipinski definition) is 2. The number of benzene rings is 2. The van der Waals surface area contributed by atoms with Crippen LogP contribution in [0, 0.1) is 0 Å². The van der Waals surface area contributed by atoms with E-state index in [0.29, 0.717) is 0 Å². The Morgan fingerprint density at radius 2 is 1.38 bits per heavy atom. The van der Waals surface area contributed by atoms with Crippen molar-refractivity contribution in [1.82, 2.24) is 0 Å². The maximum absolute atomic E-state index is 4.51. The molecule has 2 nitrogen and oxygen atoms in total. The van der Waals surface area contributed by atoms with Crippen LogP contribution in [0.1, 0.15) is 31.0 Å². The molecule has 108 valence electrons. The lowest BCUT2D eigenvalue weighted by Gasteiger charge is -2.06. The second kappa shape index (κ2) is 8.15. The van der Waals surface area contributed by atoms with Gasteiger partial charge in [-0.2, -0.15) is 0 Å². The maximum Gasteiger partial charge on any atom is 0.0721 e. The van der Waals surface area contributed by atoms with Crippen LogP contribution >= 0.6 is 0 Å². The molecule has 0 aliphatic heterocycles. The Kier molecular flexibility index (Phi) is 5.89. The van der Waals surface area contributed by atoms with Crippen molar-refractivity contribution in [3.63, 3.8) is 0 Å². The van der Waals surface area contributed by atoms with E-state index in [9.17, 15) is 0 Å². The largest absolute Gasteiger partial charge is 0.288 e. The fourth-order valence-corrected chi connectivity index (χ4v) is 2.18. The summed E-state index contributed by atoms with van der Waals surface area (Å²) in [6.45, 7) is 4.21. The van der Waals surface area contributed by atoms with E-state index >= 15 is 0 Å². The van der Waals surface area contributed by atoms with Crippen LogP contribution in [0.15, 0.2) is 70.6 Å². The smallest absolute Gasteiger partial charge is 0.0721 e. The standard InChI is InChI=1S/C19H22N2/c1-16(15-18-9-5-3-6-10-18)20-13-14-21-17(2)19-11-7-4-8-12-19/h3-14,16-17H,15H2,1-2H3/t16-,17?/m0/s1. The second-order valence-electron chi connectivity index (χ2n) is 5.22. The molecule has 0 aliphatic rings. The van der Waals surface area contributed by atoms with Gasteiger partial charge in [0.1, 0.15) is 0 Å². The lowest BCUT2D eigenvalue weighted by Crippen LogP contribution is -2.03. The van der Waals surface area contributed by atoms with Crippen molar-refractivity contribution in [3.8, 4) is 0 Å². The average molecular weight is 278 g/mol. The normalized spacial score (nSPS) is 14.6. The fraction of sp³-hybridized carbons (Fsp3) is 0.263. The van der Waals surface area contributed by atoms with Crippen LogP contribution in [-0.4, -0.2) is 18.5 Å². The molecule has 0 aromatic heterocycles. The van der Waals surface area contributed by atoms with Crippen molar-refractivity contribution >= 4 is 12.4 Å². The summed E-state index contributed by atoms with van der Waals surface area (Å²) in [7, 11) is 0. The Labute approximate surface area is 127 Å². The van der Waals surface area contributed by atoms with E-state index in [1.165, 1.54) is 11.1 Å². The van der Waals surface area contributed by atoms with E-state index in [-0.39, 0.29) is 12.1 Å². The molecule has 2 aromatic rings. The molecule has 0 N–H and O–H groups in total. The highest BCUT2D eigenvalue weighted by atomic mass is 14.8. The highest BCUT2D eigenvalue weighted by molar-refractivity contribution is 6.16. The summed E-state index contributed by atoms with van der Waals surface area (Å²) < 4.78 is 0. The Balaban J connectivity index is 1.83. The van der Waals surface area contributed by atoms with Gasteiger partial charge in [-0.1, -0.05) is 60.7 Å². The summed E-state index contributed by atoms with van der Waals surface area (Å²) in [6.07, 6.45) is 4.58. The first-order valence-corrected chi connectivity index (χ1v) is 7.39. The van der Waals surface area contributed by atoms with Gasteiger partial charge in [0.25, 0.3) is 0 Å². The van der Waals surface area contributed by atoms with Gasteiger partial charge in [0.2, 0.25) is 0 Å². The number of aliphatic imine (C=N–C) groups is 2. The van der Waals surface area contributed by atoms with Crippen LogP contribution in [0.2, 0.25) is 0 Å². The summed E-state index contributed by atoms with van der Waals surface area (Å²) in [5, 5.41) is 0. The molecule has 1 unspecified atom stereocenters. The summed E-state index contributed by atoms with van der Waals surface area (Å²) in [5.74, 6) is 0. The minimum atomic E-state index is 0.169. The lowest BCUT2D eigenvalue weighted by atomic mass is 10.1. The summed E-state index contributed by atoms with van der Waals surface area (Å²) >= 11 is 0. The second-order valence-corrected chi connectivity index (χ2v) is 5.22. The van der Waals surface area contributed by atoms with Gasteiger partial charge in [0, 0.05) is 12.4 Å². The molecule has 0 saturated carbocycles. The predicted molar refractivity (Wildman–Crippen MR) is 91.4 cm³/mol. The summed E-state index contributed by atoms with van der Waals surface area (Å²) in [5.41, 5.74) is 2.54. The molecule has 2 rings (SSSR count). The SMILES string of the molecule is CC(N=CC=N[C@@H](C)Cc1ccccc1)c1ccccc1. The topological polar surface area (TPSA) is 24.7 Å². The third kappa shape index (κ3) is 5.35. The van der Waals surface area contributed by atoms with Gasteiger partial charge in [-0.25, -0.2) is 0 Å². The van der Waals surface area contributed by atoms with Crippen LogP contribution in [0.4, 0.5) is 0 Å². The minimum Gasteiger partial charge on any atom is -0.288 e. The van der Waals surface area contributed by atoms with Crippen LogP contribution < -0.4 is 0 Å². The zero-order valence-corrected chi connectivity index (χ0v) is 12.7. The van der Waals surface area contributed by atoms with Crippen molar-refractivity contribution < 1.29 is 0 Å². The molecule has 2 heteroatoms. The van der Waals surface area contributed by atoms with Gasteiger partial charge in [-0.05, 0) is 31.4 Å². The zero-order chi connectivity index (χ0) is 14.9. The van der Waals surface area contributed by atoms with Crippen LogP contribution in [0.25, 0.3) is 0 Å². The van der Waals surface area contributed by atoms with E-state index in [4.69, 9.17) is 0 Å². The molecule has 0 aliphatic carbocycles. The first-order chi connectivity index (χ1) is 10.3. The number of rotatable bonds is 6. The first kappa shape index (κ1) is 15.2. The van der Waals surface area contributed by atoms with Gasteiger partial charge in [-0.15, -0.1) is 0 Å². The quantitative estimate of drug-likeness (QED) is 0.694. The lowest BCUT2D eigenvalue weighted by molar-refractivity contribution is 0.745. The van der Waals surface area contributed by atoms with E-state index in [0.717, 1.165) is 6.42 Å². The number of nitrogens with zero attached hydrogens (tertiary/aromatic N) is 2. The van der Waals surface area contributed by atoms with Gasteiger partial charge in [0.05, 0.1) is 12.1 Å². The fourth-order valence-electron chi connectivity index (χ4n) is 2.18. The monoisotopic (exact) mass is 278 g/mol. The van der Waals surface area contributed by atoms with E-state index in [2.05, 4.69) is 60.2 Å². The maximum atomic E-state index is 4.51. The molecule has 0 saturated heterocycles. The molecule has 2 aromatic carbocycles. The molecule has 0 radical (unpaired) electrons. The highest BCUT2D eigenvalue weighted by Gasteiger charge is 2.00. The molecular formula is C19H22N2. The van der Waals surface area contributed by atoms with Crippen LogP contribution in [0.3, 0.4) is 0 Å². The van der Waals surface area contributed by atoms with Crippen molar-refractivity contribution in [2.75, 3.05) is 0 Å². The van der Waals surface area contributed by atoms with Crippen LogP contribution in [-0.2, 0) is 6.42 Å². The van der Waals surface area contributed by atoms with Gasteiger partial charge in [-0.3, -0.25) is 9.98 Å². The third-order valence-corrected chi connectivity index (χ3v) is 3.37. The van der Waals surface area contributed by atoms with Crippen LogP contribution in [0.5, 0.6) is 0 Å².